The van der Waals surface area contributed by atoms with Crippen molar-refractivity contribution in [2.24, 2.45) is 0 Å². The number of hydrogen-bond acceptors (Lipinski definition) is 4. The summed E-state index contributed by atoms with van der Waals surface area (Å²) in [5, 5.41) is 0. The number of benzene rings is 3. The molecule has 0 aliphatic heterocycles. The molecule has 0 aliphatic carbocycles. The second kappa shape index (κ2) is 8.57. The van der Waals surface area contributed by atoms with Gasteiger partial charge in [0.1, 0.15) is 0 Å². The lowest BCUT2D eigenvalue weighted by Crippen LogP contribution is -2.10. The third kappa shape index (κ3) is 5.54. The summed E-state index contributed by atoms with van der Waals surface area (Å²) < 4.78 is 87.6. The molecule has 170 valence electrons. The lowest BCUT2D eigenvalue weighted by atomic mass is 10.1. The number of halogens is 3. The van der Waals surface area contributed by atoms with Gasteiger partial charge in [-0.2, -0.15) is 13.2 Å². The smallest absolute Gasteiger partial charge is 0.224 e. The molecule has 3 rings (SSSR count). The van der Waals surface area contributed by atoms with Gasteiger partial charge in [-0.25, -0.2) is 16.8 Å². The summed E-state index contributed by atoms with van der Waals surface area (Å²) >= 11 is 0. The quantitative estimate of drug-likeness (QED) is 0.466. The van der Waals surface area contributed by atoms with Crippen molar-refractivity contribution in [2.75, 3.05) is 12.5 Å². The van der Waals surface area contributed by atoms with Gasteiger partial charge >= 0.3 is 6.18 Å². The minimum absolute atomic E-state index is 0.0949. The molecule has 0 heterocycles. The lowest BCUT2D eigenvalue weighted by molar-refractivity contribution is -0.137. The SMILES string of the molecule is Cc1cc([S+](c2ccc(S(C)(=O)=O)cc2)c2ccc(S(C)(=O)=O)cc2)cc(C(F)(F)F)c1. The molecule has 0 aromatic heterocycles. The predicted molar refractivity (Wildman–Crippen MR) is 117 cm³/mol. The van der Waals surface area contributed by atoms with E-state index in [4.69, 9.17) is 0 Å². The van der Waals surface area contributed by atoms with E-state index in [9.17, 15) is 30.0 Å². The average molecular weight is 502 g/mol. The maximum atomic E-state index is 13.5. The van der Waals surface area contributed by atoms with Crippen molar-refractivity contribution in [1.29, 1.82) is 0 Å². The maximum absolute atomic E-state index is 13.5. The molecule has 0 bridgehead atoms. The van der Waals surface area contributed by atoms with Crippen molar-refractivity contribution in [3.05, 3.63) is 77.9 Å². The molecule has 0 spiro atoms. The van der Waals surface area contributed by atoms with E-state index < -0.39 is 42.3 Å². The van der Waals surface area contributed by atoms with Crippen LogP contribution >= 0.6 is 0 Å². The minimum Gasteiger partial charge on any atom is -0.224 e. The fraction of sp³-hybridized carbons (Fsp3) is 0.182. The summed E-state index contributed by atoms with van der Waals surface area (Å²) in [7, 11) is -7.91. The number of aryl methyl sites for hydroxylation is 1. The predicted octanol–water partition coefficient (Wildman–Crippen LogP) is 4.92. The fourth-order valence-corrected chi connectivity index (χ4v) is 6.53. The molecule has 0 unspecified atom stereocenters. The molecular formula is C22H20F3O4S3+. The van der Waals surface area contributed by atoms with E-state index in [0.29, 0.717) is 20.2 Å². The highest BCUT2D eigenvalue weighted by Crippen LogP contribution is 2.37. The fourth-order valence-electron chi connectivity index (χ4n) is 3.08. The van der Waals surface area contributed by atoms with Gasteiger partial charge in [-0.05, 0) is 73.2 Å². The van der Waals surface area contributed by atoms with Crippen LogP contribution in [-0.2, 0) is 36.7 Å². The normalized spacial score (nSPS) is 12.8. The molecule has 0 atom stereocenters. The Labute approximate surface area is 188 Å². The van der Waals surface area contributed by atoms with Gasteiger partial charge in [0.25, 0.3) is 0 Å². The summed E-state index contributed by atoms with van der Waals surface area (Å²) in [4.78, 5) is 1.78. The molecule has 0 amide bonds. The van der Waals surface area contributed by atoms with E-state index in [1.807, 2.05) is 0 Å². The van der Waals surface area contributed by atoms with Crippen LogP contribution in [0.4, 0.5) is 13.2 Å². The lowest BCUT2D eigenvalue weighted by Gasteiger charge is -2.13. The first-order chi connectivity index (χ1) is 14.7. The molecule has 32 heavy (non-hydrogen) atoms. The summed E-state index contributed by atoms with van der Waals surface area (Å²) in [6.07, 6.45) is -2.39. The van der Waals surface area contributed by atoms with Crippen LogP contribution in [-0.4, -0.2) is 29.3 Å². The second-order valence-electron chi connectivity index (χ2n) is 7.33. The first-order valence-corrected chi connectivity index (χ1v) is 14.2. The average Bonchev–Trinajstić information content (AvgIpc) is 2.66. The molecule has 0 aliphatic rings. The van der Waals surface area contributed by atoms with Crippen molar-refractivity contribution in [1.82, 2.24) is 0 Å². The summed E-state index contributed by atoms with van der Waals surface area (Å²) in [6, 6.07) is 15.7. The first kappa shape index (κ1) is 24.3. The summed E-state index contributed by atoms with van der Waals surface area (Å²) in [5.74, 6) is 0. The van der Waals surface area contributed by atoms with E-state index >= 15 is 0 Å². The van der Waals surface area contributed by atoms with Gasteiger partial charge < -0.3 is 0 Å². The third-order valence-electron chi connectivity index (χ3n) is 4.59. The Morgan fingerprint density at radius 1 is 0.656 bits per heavy atom. The minimum atomic E-state index is -4.53. The molecule has 3 aromatic carbocycles. The zero-order valence-electron chi connectivity index (χ0n) is 17.3. The number of hydrogen-bond donors (Lipinski definition) is 0. The Kier molecular flexibility index (Phi) is 6.52. The summed E-state index contributed by atoms with van der Waals surface area (Å²) in [6.45, 7) is 1.57. The molecule has 10 heteroatoms. The number of rotatable bonds is 5. The van der Waals surface area contributed by atoms with Gasteiger partial charge in [-0.15, -0.1) is 0 Å². The van der Waals surface area contributed by atoms with Crippen LogP contribution in [0.3, 0.4) is 0 Å². The van der Waals surface area contributed by atoms with Crippen LogP contribution in [0.2, 0.25) is 0 Å². The highest BCUT2D eigenvalue weighted by atomic mass is 32.2. The second-order valence-corrected chi connectivity index (χ2v) is 13.4. The highest BCUT2D eigenvalue weighted by Gasteiger charge is 2.36. The Morgan fingerprint density at radius 3 is 1.41 bits per heavy atom. The van der Waals surface area contributed by atoms with Crippen molar-refractivity contribution >= 4 is 30.6 Å². The van der Waals surface area contributed by atoms with Crippen LogP contribution < -0.4 is 0 Å². The van der Waals surface area contributed by atoms with Crippen LogP contribution in [0.15, 0.2) is 91.2 Å². The van der Waals surface area contributed by atoms with Crippen LogP contribution in [0, 0.1) is 6.92 Å². The van der Waals surface area contributed by atoms with Gasteiger partial charge in [0.15, 0.2) is 34.4 Å². The van der Waals surface area contributed by atoms with Crippen molar-refractivity contribution in [2.45, 2.75) is 37.6 Å². The van der Waals surface area contributed by atoms with E-state index in [1.165, 1.54) is 24.3 Å². The van der Waals surface area contributed by atoms with Crippen molar-refractivity contribution < 1.29 is 30.0 Å². The van der Waals surface area contributed by atoms with E-state index in [-0.39, 0.29) is 9.79 Å². The third-order valence-corrected chi connectivity index (χ3v) is 9.04. The zero-order valence-corrected chi connectivity index (χ0v) is 19.8. The molecule has 0 fully saturated rings. The monoisotopic (exact) mass is 501 g/mol. The molecular weight excluding hydrogens is 481 g/mol. The van der Waals surface area contributed by atoms with Crippen molar-refractivity contribution in [3.63, 3.8) is 0 Å². The Bertz CT molecular complexity index is 1270. The van der Waals surface area contributed by atoms with Crippen LogP contribution in [0.5, 0.6) is 0 Å². The molecule has 0 saturated heterocycles. The van der Waals surface area contributed by atoms with Gasteiger partial charge in [0, 0.05) is 18.6 Å². The van der Waals surface area contributed by atoms with Crippen molar-refractivity contribution in [3.8, 4) is 0 Å². The topological polar surface area (TPSA) is 68.3 Å². The zero-order chi connectivity index (χ0) is 23.9. The Hall–Kier alpha value is -2.30. The molecule has 0 radical (unpaired) electrons. The van der Waals surface area contributed by atoms with E-state index in [2.05, 4.69) is 0 Å². The number of sulfone groups is 2. The van der Waals surface area contributed by atoms with Crippen LogP contribution in [0.1, 0.15) is 11.1 Å². The first-order valence-electron chi connectivity index (χ1n) is 9.20. The van der Waals surface area contributed by atoms with E-state index in [0.717, 1.165) is 24.6 Å². The molecule has 0 saturated carbocycles. The summed E-state index contributed by atoms with van der Waals surface area (Å²) in [5.41, 5.74) is -0.363. The van der Waals surface area contributed by atoms with E-state index in [1.54, 1.807) is 37.3 Å². The van der Waals surface area contributed by atoms with Gasteiger partial charge in [-0.3, -0.25) is 0 Å². The highest BCUT2D eigenvalue weighted by molar-refractivity contribution is 7.97. The molecule has 3 aromatic rings. The Morgan fingerprint density at radius 2 is 1.06 bits per heavy atom. The molecule has 4 nitrogen and oxygen atoms in total. The van der Waals surface area contributed by atoms with Gasteiger partial charge in [-0.1, -0.05) is 0 Å². The largest absolute Gasteiger partial charge is 0.416 e. The standard InChI is InChI=1S/C22H20F3O4S3/c1-15-12-16(22(23,24)25)14-19(13-15)30(17-4-8-20(9-5-17)31(2,26)27)18-6-10-21(11-7-18)32(3,28)29/h4-14H,1-3H3/q+1. The Balaban J connectivity index is 2.22. The maximum Gasteiger partial charge on any atom is 0.416 e. The van der Waals surface area contributed by atoms with Gasteiger partial charge in [0.2, 0.25) is 0 Å². The number of alkyl halides is 3. The molecule has 0 N–H and O–H groups in total. The van der Waals surface area contributed by atoms with Crippen LogP contribution in [0.25, 0.3) is 0 Å². The van der Waals surface area contributed by atoms with Gasteiger partial charge in [0.05, 0.1) is 26.2 Å².